The second-order valence-corrected chi connectivity index (χ2v) is 13.8. The van der Waals surface area contributed by atoms with E-state index < -0.39 is 0 Å². The Kier molecular flexibility index (Phi) is 6.85. The van der Waals surface area contributed by atoms with Crippen LogP contribution in [0.25, 0.3) is 76.9 Å². The standard InChI is InChI=1S/C49H31N3O2/c1-3-11-30(12-4-1)31-19-21-33(22-20-31)48-50-47(32-13-5-2-6-14-32)51-49(52-48)41-27-37(36-23-24-43-39(25-36)38-17-9-10-18-42(38)53-43)29-45-46(41)40-26-34-15-7-8-16-35(34)28-44(40)54-45/h1-29,47H,(H,50,51,52). The molecule has 3 heterocycles. The van der Waals surface area contributed by atoms with Crippen LogP contribution in [0.1, 0.15) is 22.9 Å². The summed E-state index contributed by atoms with van der Waals surface area (Å²) in [6, 6.07) is 61.1. The molecule has 254 valence electrons. The molecular weight excluding hydrogens is 663 g/mol. The lowest BCUT2D eigenvalue weighted by Crippen LogP contribution is -2.33. The van der Waals surface area contributed by atoms with Crippen LogP contribution in [0.3, 0.4) is 0 Å². The van der Waals surface area contributed by atoms with Gasteiger partial charge < -0.3 is 14.2 Å². The van der Waals surface area contributed by atoms with E-state index in [4.69, 9.17) is 18.8 Å². The van der Waals surface area contributed by atoms with E-state index in [9.17, 15) is 0 Å². The summed E-state index contributed by atoms with van der Waals surface area (Å²) in [5, 5.41) is 10.2. The van der Waals surface area contributed by atoms with Gasteiger partial charge in [-0.2, -0.15) is 0 Å². The molecule has 1 N–H and O–H groups in total. The van der Waals surface area contributed by atoms with E-state index in [0.29, 0.717) is 5.84 Å². The van der Waals surface area contributed by atoms with Gasteiger partial charge in [0.05, 0.1) is 0 Å². The van der Waals surface area contributed by atoms with Crippen LogP contribution >= 0.6 is 0 Å². The van der Waals surface area contributed by atoms with Crippen molar-refractivity contribution in [3.63, 3.8) is 0 Å². The number of hydrogen-bond donors (Lipinski definition) is 1. The van der Waals surface area contributed by atoms with Crippen molar-refractivity contribution < 1.29 is 8.83 Å². The van der Waals surface area contributed by atoms with Crippen LogP contribution in [0.2, 0.25) is 0 Å². The van der Waals surface area contributed by atoms with Crippen molar-refractivity contribution in [2.24, 2.45) is 9.98 Å². The van der Waals surface area contributed by atoms with Crippen molar-refractivity contribution in [1.82, 2.24) is 5.32 Å². The van der Waals surface area contributed by atoms with Gasteiger partial charge in [-0.15, -0.1) is 0 Å². The topological polar surface area (TPSA) is 63.0 Å². The van der Waals surface area contributed by atoms with Gasteiger partial charge in [-0.3, -0.25) is 0 Å². The highest BCUT2D eigenvalue weighted by molar-refractivity contribution is 6.23. The van der Waals surface area contributed by atoms with Crippen LogP contribution in [0.15, 0.2) is 195 Å². The van der Waals surface area contributed by atoms with E-state index in [1.54, 1.807) is 0 Å². The van der Waals surface area contributed by atoms with E-state index in [2.05, 4.69) is 157 Å². The van der Waals surface area contributed by atoms with Crippen molar-refractivity contribution in [2.75, 3.05) is 0 Å². The number of amidine groups is 2. The van der Waals surface area contributed by atoms with Crippen LogP contribution in [-0.2, 0) is 0 Å². The zero-order valence-corrected chi connectivity index (χ0v) is 29.0. The lowest BCUT2D eigenvalue weighted by atomic mass is 9.96. The lowest BCUT2D eigenvalue weighted by molar-refractivity contribution is 0.668. The molecule has 0 bridgehead atoms. The van der Waals surface area contributed by atoms with Crippen molar-refractivity contribution in [3.05, 3.63) is 193 Å². The Morgan fingerprint density at radius 1 is 0.426 bits per heavy atom. The highest BCUT2D eigenvalue weighted by atomic mass is 16.3. The van der Waals surface area contributed by atoms with Gasteiger partial charge in [0.25, 0.3) is 0 Å². The second-order valence-electron chi connectivity index (χ2n) is 13.8. The molecule has 0 saturated carbocycles. The number of para-hydroxylation sites is 1. The average molecular weight is 694 g/mol. The third-order valence-electron chi connectivity index (χ3n) is 10.5. The number of rotatable bonds is 5. The van der Waals surface area contributed by atoms with Gasteiger partial charge in [0.15, 0.2) is 5.84 Å². The summed E-state index contributed by atoms with van der Waals surface area (Å²) in [5.74, 6) is 1.40. The molecule has 11 rings (SSSR count). The lowest BCUT2D eigenvalue weighted by Gasteiger charge is -2.24. The summed E-state index contributed by atoms with van der Waals surface area (Å²) in [7, 11) is 0. The molecule has 0 fully saturated rings. The van der Waals surface area contributed by atoms with Crippen LogP contribution in [0, 0.1) is 0 Å². The third-order valence-corrected chi connectivity index (χ3v) is 10.5. The quantitative estimate of drug-likeness (QED) is 0.195. The molecule has 1 unspecified atom stereocenters. The Balaban J connectivity index is 1.13. The zero-order valence-electron chi connectivity index (χ0n) is 29.0. The van der Waals surface area contributed by atoms with Gasteiger partial charge in [0.2, 0.25) is 0 Å². The first-order valence-electron chi connectivity index (χ1n) is 18.2. The van der Waals surface area contributed by atoms with Gasteiger partial charge in [0.1, 0.15) is 34.3 Å². The molecule has 8 aromatic carbocycles. The number of hydrogen-bond acceptors (Lipinski definition) is 5. The van der Waals surface area contributed by atoms with Gasteiger partial charge in [0, 0.05) is 32.7 Å². The van der Waals surface area contributed by atoms with Crippen molar-refractivity contribution in [3.8, 4) is 22.3 Å². The van der Waals surface area contributed by atoms with Gasteiger partial charge >= 0.3 is 0 Å². The number of fused-ring (bicyclic) bond motifs is 7. The molecule has 5 heteroatoms. The predicted molar refractivity (Wildman–Crippen MR) is 221 cm³/mol. The van der Waals surface area contributed by atoms with E-state index in [1.807, 2.05) is 24.3 Å². The fourth-order valence-corrected chi connectivity index (χ4v) is 7.81. The normalized spacial score (nSPS) is 14.5. The smallest absolute Gasteiger partial charge is 0.159 e. The molecule has 1 aliphatic heterocycles. The van der Waals surface area contributed by atoms with Gasteiger partial charge in [-0.1, -0.05) is 133 Å². The first kappa shape index (κ1) is 30.4. The van der Waals surface area contributed by atoms with E-state index in [1.165, 1.54) is 5.56 Å². The predicted octanol–water partition coefficient (Wildman–Crippen LogP) is 12.5. The second kappa shape index (κ2) is 12.2. The Labute approximate surface area is 310 Å². The summed E-state index contributed by atoms with van der Waals surface area (Å²) in [5.41, 5.74) is 10.7. The third kappa shape index (κ3) is 5.09. The number of benzene rings is 8. The number of nitrogens with one attached hydrogen (secondary N) is 1. The molecule has 10 aromatic rings. The molecular formula is C49H31N3O2. The first-order chi connectivity index (χ1) is 26.7. The summed E-state index contributed by atoms with van der Waals surface area (Å²) >= 11 is 0. The van der Waals surface area contributed by atoms with Crippen LogP contribution in [0.5, 0.6) is 0 Å². The minimum atomic E-state index is -0.353. The Hall–Kier alpha value is -7.24. The Morgan fingerprint density at radius 3 is 1.91 bits per heavy atom. The molecule has 0 saturated heterocycles. The number of furan rings is 2. The molecule has 1 atom stereocenters. The minimum absolute atomic E-state index is 0.353. The molecule has 0 aliphatic carbocycles. The molecule has 0 spiro atoms. The summed E-state index contributed by atoms with van der Waals surface area (Å²) in [4.78, 5) is 10.5. The SMILES string of the molecule is c1ccc(-c2ccc(C3=NC(c4ccccc4)NC(c4cc(-c5ccc6oc7ccccc7c6c5)cc5oc6cc7ccccc7cc6c45)=N3)cc2)cc1. The van der Waals surface area contributed by atoms with E-state index in [0.717, 1.165) is 93.9 Å². The molecule has 2 aromatic heterocycles. The average Bonchev–Trinajstić information content (AvgIpc) is 3.80. The highest BCUT2D eigenvalue weighted by Gasteiger charge is 2.25. The summed E-state index contributed by atoms with van der Waals surface area (Å²) in [6.07, 6.45) is -0.353. The molecule has 0 radical (unpaired) electrons. The highest BCUT2D eigenvalue weighted by Crippen LogP contribution is 2.40. The van der Waals surface area contributed by atoms with Crippen LogP contribution in [-0.4, -0.2) is 11.7 Å². The van der Waals surface area contributed by atoms with Gasteiger partial charge in [-0.25, -0.2) is 9.98 Å². The van der Waals surface area contributed by atoms with Crippen LogP contribution in [0.4, 0.5) is 0 Å². The maximum absolute atomic E-state index is 6.74. The number of nitrogens with zero attached hydrogens (tertiary/aromatic N) is 2. The minimum Gasteiger partial charge on any atom is -0.456 e. The first-order valence-corrected chi connectivity index (χ1v) is 18.2. The maximum atomic E-state index is 6.74. The molecule has 54 heavy (non-hydrogen) atoms. The van der Waals surface area contributed by atoms with Crippen molar-refractivity contribution in [1.29, 1.82) is 0 Å². The fraction of sp³-hybridized carbons (Fsp3) is 0.0204. The monoisotopic (exact) mass is 693 g/mol. The van der Waals surface area contributed by atoms with E-state index >= 15 is 0 Å². The van der Waals surface area contributed by atoms with E-state index in [-0.39, 0.29) is 6.17 Å². The zero-order chi connectivity index (χ0) is 35.6. The van der Waals surface area contributed by atoms with Crippen molar-refractivity contribution in [2.45, 2.75) is 6.17 Å². The van der Waals surface area contributed by atoms with Crippen LogP contribution < -0.4 is 5.32 Å². The van der Waals surface area contributed by atoms with Crippen molar-refractivity contribution >= 4 is 66.3 Å². The van der Waals surface area contributed by atoms with Gasteiger partial charge in [-0.05, 0) is 81.1 Å². The number of aliphatic imine (C=N–C) groups is 2. The Morgan fingerprint density at radius 2 is 1.07 bits per heavy atom. The summed E-state index contributed by atoms with van der Waals surface area (Å²) < 4.78 is 12.9. The fourth-order valence-electron chi connectivity index (χ4n) is 7.81. The molecule has 5 nitrogen and oxygen atoms in total. The molecule has 1 aliphatic rings. The largest absolute Gasteiger partial charge is 0.456 e. The molecule has 0 amide bonds. The summed E-state index contributed by atoms with van der Waals surface area (Å²) in [6.45, 7) is 0. The maximum Gasteiger partial charge on any atom is 0.159 e. The Bertz CT molecular complexity index is 3120.